The van der Waals surface area contributed by atoms with Crippen molar-refractivity contribution in [2.24, 2.45) is 0 Å². The van der Waals surface area contributed by atoms with Crippen LogP contribution in [0.3, 0.4) is 0 Å². The topological polar surface area (TPSA) is 66.0 Å². The molecule has 0 bridgehead atoms. The maximum Gasteiger partial charge on any atom is 0.328 e. The van der Waals surface area contributed by atoms with Crippen molar-refractivity contribution in [3.63, 3.8) is 0 Å². The Morgan fingerprint density at radius 1 is 1.00 bits per heavy atom. The van der Waals surface area contributed by atoms with Crippen molar-refractivity contribution in [1.29, 1.82) is 0 Å². The number of benzene rings is 3. The highest BCUT2D eigenvalue weighted by Gasteiger charge is 2.15. The van der Waals surface area contributed by atoms with Crippen LogP contribution in [0.4, 0.5) is 0 Å². The zero-order chi connectivity index (χ0) is 21.8. The molecule has 4 heteroatoms. The number of nitrogens with zero attached hydrogens (tertiary/aromatic N) is 1. The van der Waals surface area contributed by atoms with Gasteiger partial charge in [0.1, 0.15) is 0 Å². The zero-order valence-corrected chi connectivity index (χ0v) is 17.6. The Kier molecular flexibility index (Phi) is 5.80. The van der Waals surface area contributed by atoms with Gasteiger partial charge in [0, 0.05) is 11.5 Å². The van der Waals surface area contributed by atoms with E-state index in [0.717, 1.165) is 45.7 Å². The van der Waals surface area contributed by atoms with Gasteiger partial charge in [-0.25, -0.2) is 4.79 Å². The molecule has 0 unspecified atom stereocenters. The quantitative estimate of drug-likeness (QED) is 0.289. The van der Waals surface area contributed by atoms with E-state index in [9.17, 15) is 4.79 Å². The van der Waals surface area contributed by atoms with E-state index in [1.165, 1.54) is 16.7 Å². The van der Waals surface area contributed by atoms with Crippen LogP contribution in [0.15, 0.2) is 79.0 Å². The minimum absolute atomic E-state index is 0.852. The first-order valence-electron chi connectivity index (χ1n) is 10.3. The zero-order valence-electron chi connectivity index (χ0n) is 17.6. The lowest BCUT2D eigenvalue weighted by Crippen LogP contribution is -1.96. The number of aromatic nitrogens is 2. The van der Waals surface area contributed by atoms with Crippen LogP contribution >= 0.6 is 0 Å². The molecule has 3 aromatic carbocycles. The van der Waals surface area contributed by atoms with Crippen LogP contribution in [0.5, 0.6) is 0 Å². The van der Waals surface area contributed by atoms with Crippen molar-refractivity contribution in [3.05, 3.63) is 107 Å². The second kappa shape index (κ2) is 8.84. The Labute approximate surface area is 181 Å². The average molecular weight is 409 g/mol. The molecule has 0 atom stereocenters. The van der Waals surface area contributed by atoms with Gasteiger partial charge in [-0.05, 0) is 70.5 Å². The van der Waals surface area contributed by atoms with Gasteiger partial charge in [0.2, 0.25) is 0 Å². The van der Waals surface area contributed by atoms with E-state index in [-0.39, 0.29) is 0 Å². The van der Waals surface area contributed by atoms with Gasteiger partial charge in [0.25, 0.3) is 0 Å². The van der Waals surface area contributed by atoms with Crippen LogP contribution in [0.2, 0.25) is 0 Å². The van der Waals surface area contributed by atoms with E-state index in [1.54, 1.807) is 6.08 Å². The molecule has 4 rings (SSSR count). The van der Waals surface area contributed by atoms with Gasteiger partial charge in [-0.15, -0.1) is 0 Å². The molecule has 4 aromatic rings. The molecular weight excluding hydrogens is 384 g/mol. The minimum atomic E-state index is -0.953. The lowest BCUT2D eigenvalue weighted by Gasteiger charge is -2.17. The van der Waals surface area contributed by atoms with E-state index in [2.05, 4.69) is 72.6 Å². The third kappa shape index (κ3) is 4.33. The number of carboxylic acid groups (broad SMARTS) is 1. The Morgan fingerprint density at radius 2 is 1.74 bits per heavy atom. The van der Waals surface area contributed by atoms with E-state index in [4.69, 9.17) is 5.11 Å². The predicted molar refractivity (Wildman–Crippen MR) is 127 cm³/mol. The normalized spacial score (nSPS) is 12.3. The van der Waals surface area contributed by atoms with E-state index in [1.807, 2.05) is 24.4 Å². The molecule has 0 aliphatic rings. The van der Waals surface area contributed by atoms with Gasteiger partial charge in [0.15, 0.2) is 0 Å². The summed E-state index contributed by atoms with van der Waals surface area (Å²) in [5, 5.41) is 17.3. The number of aliphatic carboxylic acids is 1. The highest BCUT2D eigenvalue weighted by Crippen LogP contribution is 2.36. The second-order valence-corrected chi connectivity index (χ2v) is 7.49. The molecule has 0 spiro atoms. The second-order valence-electron chi connectivity index (χ2n) is 7.49. The summed E-state index contributed by atoms with van der Waals surface area (Å²) in [5.74, 6) is -0.953. The molecule has 1 heterocycles. The number of aromatic amines is 1. The standard InChI is InChI=1S/C27H24N2O2/c1-3-24(20-7-5-4-6-8-20)26(21-12-9-19(10-13-21)11-14-25(30)31)22-15-18(2)27-23(16-22)17-28-29-27/h4-17H,3H2,1-2H3,(H,28,29)(H,30,31)/b14-11+,26-24+. The molecule has 0 aliphatic heterocycles. The highest BCUT2D eigenvalue weighted by molar-refractivity contribution is 6.01. The predicted octanol–water partition coefficient (Wildman–Crippen LogP) is 6.34. The van der Waals surface area contributed by atoms with E-state index >= 15 is 0 Å². The molecule has 154 valence electrons. The summed E-state index contributed by atoms with van der Waals surface area (Å²) in [6.45, 7) is 4.27. The highest BCUT2D eigenvalue weighted by atomic mass is 16.4. The number of allylic oxidation sites excluding steroid dienone is 1. The van der Waals surface area contributed by atoms with Crippen molar-refractivity contribution in [3.8, 4) is 0 Å². The lowest BCUT2D eigenvalue weighted by molar-refractivity contribution is -0.131. The third-order valence-corrected chi connectivity index (χ3v) is 5.43. The van der Waals surface area contributed by atoms with Gasteiger partial charge in [-0.1, -0.05) is 61.5 Å². The van der Waals surface area contributed by atoms with Crippen LogP contribution in [0, 0.1) is 6.92 Å². The average Bonchev–Trinajstić information content (AvgIpc) is 3.26. The lowest BCUT2D eigenvalue weighted by atomic mass is 9.87. The number of carbonyl (C=O) groups is 1. The molecule has 4 nitrogen and oxygen atoms in total. The monoisotopic (exact) mass is 408 g/mol. The summed E-state index contributed by atoms with van der Waals surface area (Å²) in [6, 6.07) is 22.9. The molecule has 0 fully saturated rings. The van der Waals surface area contributed by atoms with Gasteiger partial charge >= 0.3 is 5.97 Å². The van der Waals surface area contributed by atoms with Crippen LogP contribution in [0.25, 0.3) is 28.1 Å². The fourth-order valence-electron chi connectivity index (χ4n) is 3.99. The van der Waals surface area contributed by atoms with Crippen LogP contribution in [-0.4, -0.2) is 21.3 Å². The summed E-state index contributed by atoms with van der Waals surface area (Å²) in [4.78, 5) is 10.8. The van der Waals surface area contributed by atoms with Crippen LogP contribution < -0.4 is 0 Å². The van der Waals surface area contributed by atoms with Gasteiger partial charge in [0.05, 0.1) is 11.7 Å². The Morgan fingerprint density at radius 3 is 2.42 bits per heavy atom. The molecule has 2 N–H and O–H groups in total. The minimum Gasteiger partial charge on any atom is -0.478 e. The van der Waals surface area contributed by atoms with E-state index in [0.29, 0.717) is 0 Å². The molecule has 0 radical (unpaired) electrons. The number of carboxylic acids is 1. The number of H-pyrrole nitrogens is 1. The van der Waals surface area contributed by atoms with Crippen molar-refractivity contribution in [2.75, 3.05) is 0 Å². The van der Waals surface area contributed by atoms with Gasteiger partial charge in [-0.2, -0.15) is 5.10 Å². The van der Waals surface area contributed by atoms with Crippen molar-refractivity contribution < 1.29 is 9.90 Å². The number of fused-ring (bicyclic) bond motifs is 1. The number of rotatable bonds is 6. The maximum absolute atomic E-state index is 10.8. The Balaban J connectivity index is 1.93. The molecular formula is C27H24N2O2. The molecule has 31 heavy (non-hydrogen) atoms. The van der Waals surface area contributed by atoms with Crippen LogP contribution in [0.1, 0.15) is 41.2 Å². The van der Waals surface area contributed by atoms with Crippen molar-refractivity contribution in [2.45, 2.75) is 20.3 Å². The third-order valence-electron chi connectivity index (χ3n) is 5.43. The number of hydrogen-bond acceptors (Lipinski definition) is 2. The van der Waals surface area contributed by atoms with Crippen molar-refractivity contribution in [1.82, 2.24) is 10.2 Å². The summed E-state index contributed by atoms with van der Waals surface area (Å²) >= 11 is 0. The largest absolute Gasteiger partial charge is 0.478 e. The Bertz CT molecular complexity index is 1280. The summed E-state index contributed by atoms with van der Waals surface area (Å²) in [7, 11) is 0. The molecule has 0 saturated carbocycles. The molecule has 1 aromatic heterocycles. The first kappa shape index (κ1) is 20.4. The molecule has 0 aliphatic carbocycles. The summed E-state index contributed by atoms with van der Waals surface area (Å²) in [6.07, 6.45) is 5.50. The van der Waals surface area contributed by atoms with Gasteiger partial charge < -0.3 is 5.11 Å². The Hall–Kier alpha value is -3.92. The fraction of sp³-hybridized carbons (Fsp3) is 0.111. The number of hydrogen-bond donors (Lipinski definition) is 2. The SMILES string of the molecule is CC/C(=C(/c1ccc(/C=C/C(=O)O)cc1)c1cc(C)c2[nH]ncc2c1)c1ccccc1. The summed E-state index contributed by atoms with van der Waals surface area (Å²) in [5.41, 5.74) is 8.91. The summed E-state index contributed by atoms with van der Waals surface area (Å²) < 4.78 is 0. The number of nitrogens with one attached hydrogen (secondary N) is 1. The van der Waals surface area contributed by atoms with Gasteiger partial charge in [-0.3, -0.25) is 5.10 Å². The molecule has 0 amide bonds. The van der Waals surface area contributed by atoms with E-state index < -0.39 is 5.97 Å². The number of aryl methyl sites for hydroxylation is 1. The smallest absolute Gasteiger partial charge is 0.328 e. The van der Waals surface area contributed by atoms with Crippen molar-refractivity contribution >= 4 is 34.1 Å². The first-order valence-corrected chi connectivity index (χ1v) is 10.3. The first-order chi connectivity index (χ1) is 15.1. The maximum atomic E-state index is 10.8. The molecule has 0 saturated heterocycles. The fourth-order valence-corrected chi connectivity index (χ4v) is 3.99. The van der Waals surface area contributed by atoms with Crippen LogP contribution in [-0.2, 0) is 4.79 Å².